The third kappa shape index (κ3) is 3.43. The molecule has 4 aliphatic carbocycles. The molecule has 4 heteroatoms. The van der Waals surface area contributed by atoms with Gasteiger partial charge in [-0.15, -0.1) is 0 Å². The first-order chi connectivity index (χ1) is 11.6. The average molecular weight is 457 g/mol. The van der Waals surface area contributed by atoms with E-state index in [9.17, 15) is 0 Å². The van der Waals surface area contributed by atoms with Gasteiger partial charge in [0.2, 0.25) is 0 Å². The van der Waals surface area contributed by atoms with Gasteiger partial charge in [0, 0.05) is 22.6 Å². The summed E-state index contributed by atoms with van der Waals surface area (Å²) in [5.74, 6) is 4.91. The normalized spacial score (nSPS) is 33.9. The van der Waals surface area contributed by atoms with Crippen LogP contribution >= 0.6 is 31.9 Å². The molecule has 0 amide bonds. The fraction of sp³-hybridized carbons (Fsp3) is 0.700. The Bertz CT molecular complexity index is 576. The van der Waals surface area contributed by atoms with E-state index in [0.29, 0.717) is 0 Å². The minimum atomic E-state index is 0.717. The topological polar surface area (TPSA) is 21.3 Å². The van der Waals surface area contributed by atoms with E-state index in [1.54, 1.807) is 0 Å². The highest BCUT2D eigenvalue weighted by Crippen LogP contribution is 2.53. The molecule has 132 valence electrons. The zero-order chi connectivity index (χ0) is 16.7. The second kappa shape index (κ2) is 7.28. The summed E-state index contributed by atoms with van der Waals surface area (Å²) in [5.41, 5.74) is 1.26. The van der Waals surface area contributed by atoms with Gasteiger partial charge in [-0.25, -0.2) is 0 Å². The van der Waals surface area contributed by atoms with Gasteiger partial charge in [0.25, 0.3) is 0 Å². The lowest BCUT2D eigenvalue weighted by atomic mass is 9.54. The first kappa shape index (κ1) is 17.4. The number of hydrogen-bond donors (Lipinski definition) is 1. The van der Waals surface area contributed by atoms with Crippen LogP contribution in [-0.2, 0) is 6.54 Å². The molecule has 0 unspecified atom stereocenters. The van der Waals surface area contributed by atoms with Crippen LogP contribution in [0.25, 0.3) is 0 Å². The van der Waals surface area contributed by atoms with Crippen molar-refractivity contribution in [1.29, 1.82) is 0 Å². The predicted molar refractivity (Wildman–Crippen MR) is 105 cm³/mol. The fourth-order valence-electron chi connectivity index (χ4n) is 5.60. The van der Waals surface area contributed by atoms with Gasteiger partial charge in [-0.05, 0) is 90.3 Å². The molecule has 24 heavy (non-hydrogen) atoms. The molecule has 4 saturated carbocycles. The third-order valence-corrected chi connectivity index (χ3v) is 7.34. The van der Waals surface area contributed by atoms with Crippen LogP contribution in [0.4, 0.5) is 0 Å². The molecule has 4 bridgehead atoms. The Hall–Kier alpha value is -0.0600. The van der Waals surface area contributed by atoms with Gasteiger partial charge in [0.1, 0.15) is 5.75 Å². The van der Waals surface area contributed by atoms with Crippen LogP contribution in [0.2, 0.25) is 0 Å². The van der Waals surface area contributed by atoms with Crippen molar-refractivity contribution in [2.45, 2.75) is 58.0 Å². The Morgan fingerprint density at radius 2 is 1.71 bits per heavy atom. The Morgan fingerprint density at radius 3 is 2.33 bits per heavy atom. The third-order valence-electron chi connectivity index (χ3n) is 6.29. The number of nitrogens with one attached hydrogen (secondary N) is 1. The van der Waals surface area contributed by atoms with E-state index in [1.807, 2.05) is 0 Å². The molecule has 0 saturated heterocycles. The zero-order valence-corrected chi connectivity index (χ0v) is 17.5. The molecule has 1 N–H and O–H groups in total. The molecule has 0 aromatic heterocycles. The van der Waals surface area contributed by atoms with E-state index < -0.39 is 0 Å². The summed E-state index contributed by atoms with van der Waals surface area (Å²) in [4.78, 5) is 0. The van der Waals surface area contributed by atoms with Crippen molar-refractivity contribution in [1.82, 2.24) is 5.32 Å². The van der Waals surface area contributed by atoms with Crippen molar-refractivity contribution in [3.05, 3.63) is 26.6 Å². The Kier molecular flexibility index (Phi) is 5.27. The number of benzene rings is 1. The minimum Gasteiger partial charge on any atom is -0.492 e. The van der Waals surface area contributed by atoms with Gasteiger partial charge in [0.15, 0.2) is 0 Å². The molecule has 5 rings (SSSR count). The fourth-order valence-corrected chi connectivity index (χ4v) is 7.03. The molecule has 4 aliphatic rings. The summed E-state index contributed by atoms with van der Waals surface area (Å²) in [5, 5.41) is 3.93. The van der Waals surface area contributed by atoms with Crippen LogP contribution in [0.1, 0.15) is 51.0 Å². The second-order valence-electron chi connectivity index (χ2n) is 8.06. The number of hydrogen-bond acceptors (Lipinski definition) is 2. The van der Waals surface area contributed by atoms with E-state index in [4.69, 9.17) is 4.74 Å². The monoisotopic (exact) mass is 455 g/mol. The Balaban J connectivity index is 1.47. The molecule has 0 aliphatic heterocycles. The minimum absolute atomic E-state index is 0.717. The van der Waals surface area contributed by atoms with Gasteiger partial charge >= 0.3 is 0 Å². The number of halogens is 2. The summed E-state index contributed by atoms with van der Waals surface area (Å²) in [6.45, 7) is 3.83. The van der Waals surface area contributed by atoms with E-state index in [2.05, 4.69) is 56.2 Å². The van der Waals surface area contributed by atoms with E-state index in [0.717, 1.165) is 64.0 Å². The summed E-state index contributed by atoms with van der Waals surface area (Å²) in [7, 11) is 0. The highest BCUT2D eigenvalue weighted by atomic mass is 79.9. The van der Waals surface area contributed by atoms with Crippen molar-refractivity contribution in [2.75, 3.05) is 6.61 Å². The highest BCUT2D eigenvalue weighted by Gasteiger charge is 2.47. The van der Waals surface area contributed by atoms with Gasteiger partial charge in [0.05, 0.1) is 11.1 Å². The van der Waals surface area contributed by atoms with Gasteiger partial charge in [-0.3, -0.25) is 0 Å². The molecular weight excluding hydrogens is 430 g/mol. The van der Waals surface area contributed by atoms with Crippen molar-refractivity contribution in [3.8, 4) is 5.75 Å². The van der Waals surface area contributed by atoms with Crippen molar-refractivity contribution >= 4 is 31.9 Å². The lowest BCUT2D eigenvalue weighted by molar-refractivity contribution is -0.0143. The van der Waals surface area contributed by atoms with Crippen LogP contribution in [0.3, 0.4) is 0 Å². The first-order valence-corrected chi connectivity index (χ1v) is 11.1. The van der Waals surface area contributed by atoms with Gasteiger partial charge in [-0.2, -0.15) is 0 Å². The number of ether oxygens (including phenoxy) is 1. The maximum atomic E-state index is 6.02. The molecule has 4 fully saturated rings. The summed E-state index contributed by atoms with van der Waals surface area (Å²) in [6, 6.07) is 5.01. The quantitative estimate of drug-likeness (QED) is 0.573. The van der Waals surface area contributed by atoms with Crippen molar-refractivity contribution in [2.24, 2.45) is 23.7 Å². The smallest absolute Gasteiger partial charge is 0.138 e. The summed E-state index contributed by atoms with van der Waals surface area (Å²) in [6.07, 6.45) is 8.41. The van der Waals surface area contributed by atoms with Gasteiger partial charge in [-0.1, -0.05) is 22.9 Å². The van der Waals surface area contributed by atoms with Crippen LogP contribution in [0.15, 0.2) is 21.1 Å². The lowest BCUT2D eigenvalue weighted by Gasteiger charge is -2.54. The van der Waals surface area contributed by atoms with E-state index in [-0.39, 0.29) is 0 Å². The maximum Gasteiger partial charge on any atom is 0.138 e. The highest BCUT2D eigenvalue weighted by molar-refractivity contribution is 9.11. The predicted octanol–water partition coefficient (Wildman–Crippen LogP) is 5.91. The first-order valence-electron chi connectivity index (χ1n) is 9.48. The number of rotatable bonds is 6. The maximum absolute atomic E-state index is 6.02. The molecule has 0 spiro atoms. The molecule has 2 nitrogen and oxygen atoms in total. The molecular formula is C20H27Br2NO. The lowest BCUT2D eigenvalue weighted by Crippen LogP contribution is -2.54. The van der Waals surface area contributed by atoms with Crippen LogP contribution in [-0.4, -0.2) is 12.6 Å². The van der Waals surface area contributed by atoms with Crippen molar-refractivity contribution < 1.29 is 4.74 Å². The second-order valence-corrected chi connectivity index (χ2v) is 9.83. The molecule has 1 aromatic rings. The average Bonchev–Trinajstić information content (AvgIpc) is 2.52. The molecule has 1 aromatic carbocycles. The van der Waals surface area contributed by atoms with Crippen LogP contribution in [0, 0.1) is 23.7 Å². The van der Waals surface area contributed by atoms with E-state index >= 15 is 0 Å². The van der Waals surface area contributed by atoms with Crippen LogP contribution < -0.4 is 10.1 Å². The molecule has 0 heterocycles. The van der Waals surface area contributed by atoms with Crippen molar-refractivity contribution in [3.63, 3.8) is 0 Å². The molecule has 0 atom stereocenters. The van der Waals surface area contributed by atoms with Gasteiger partial charge < -0.3 is 10.1 Å². The summed E-state index contributed by atoms with van der Waals surface area (Å²) < 4.78 is 8.18. The summed E-state index contributed by atoms with van der Waals surface area (Å²) >= 11 is 7.30. The SMILES string of the molecule is CCCOc1c(Br)cc(Br)cc1CNC1C2CC3CC(C2)CC1C3. The molecule has 0 radical (unpaired) electrons. The Labute approximate surface area is 162 Å². The van der Waals surface area contributed by atoms with E-state index in [1.165, 1.54) is 37.7 Å². The standard InChI is InChI=1S/C20H27Br2NO/c1-2-3-24-20-16(9-17(21)10-18(20)22)11-23-19-14-5-12-4-13(7-14)8-15(19)6-12/h9-10,12-15,19,23H,2-8,11H2,1H3. The Morgan fingerprint density at radius 1 is 1.04 bits per heavy atom. The zero-order valence-electron chi connectivity index (χ0n) is 14.4. The largest absolute Gasteiger partial charge is 0.492 e. The van der Waals surface area contributed by atoms with Crippen LogP contribution in [0.5, 0.6) is 5.75 Å².